The van der Waals surface area contributed by atoms with Gasteiger partial charge < -0.3 is 9.64 Å². The zero-order chi connectivity index (χ0) is 28.0. The summed E-state index contributed by atoms with van der Waals surface area (Å²) >= 11 is 1.19. The number of nitrogens with one attached hydrogen (secondary N) is 1. The van der Waals surface area contributed by atoms with Crippen molar-refractivity contribution in [3.63, 3.8) is 0 Å². The molecule has 210 valence electrons. The summed E-state index contributed by atoms with van der Waals surface area (Å²) in [7, 11) is 0. The summed E-state index contributed by atoms with van der Waals surface area (Å²) in [6.45, 7) is 9.39. The number of carbonyl (C=O) groups is 1. The topological polar surface area (TPSA) is 90.1 Å². The van der Waals surface area contributed by atoms with E-state index in [1.807, 2.05) is 13.1 Å². The highest BCUT2D eigenvalue weighted by Gasteiger charge is 2.64. The maximum absolute atomic E-state index is 13.3. The van der Waals surface area contributed by atoms with Crippen LogP contribution in [-0.2, 0) is 6.54 Å². The van der Waals surface area contributed by atoms with Crippen molar-refractivity contribution in [2.45, 2.75) is 70.1 Å². The van der Waals surface area contributed by atoms with Crippen LogP contribution in [0.2, 0.25) is 0 Å². The van der Waals surface area contributed by atoms with Crippen LogP contribution in [0.3, 0.4) is 0 Å². The molecule has 3 aromatic rings. The van der Waals surface area contributed by atoms with Crippen molar-refractivity contribution < 1.29 is 22.7 Å². The molecule has 0 aromatic carbocycles. The second-order valence-corrected chi connectivity index (χ2v) is 11.9. The molecule has 1 atom stereocenters. The highest BCUT2D eigenvalue weighted by atomic mass is 32.2. The van der Waals surface area contributed by atoms with E-state index >= 15 is 0 Å². The minimum absolute atomic E-state index is 0.0644. The number of hydrogen-bond acceptors (Lipinski definition) is 7. The fourth-order valence-electron chi connectivity index (χ4n) is 5.02. The van der Waals surface area contributed by atoms with Crippen LogP contribution in [0.15, 0.2) is 41.7 Å². The quantitative estimate of drug-likeness (QED) is 0.355. The second-order valence-electron chi connectivity index (χ2n) is 11.0. The maximum Gasteiger partial charge on any atom is 0.397 e. The number of amides is 1. The van der Waals surface area contributed by atoms with Crippen LogP contribution in [0.25, 0.3) is 5.82 Å². The first-order valence-corrected chi connectivity index (χ1v) is 13.8. The molecule has 4 heterocycles. The summed E-state index contributed by atoms with van der Waals surface area (Å²) in [6, 6.07) is 4.89. The lowest BCUT2D eigenvalue weighted by Crippen LogP contribution is -2.40. The smallest absolute Gasteiger partial charge is 0.397 e. The molecule has 1 saturated heterocycles. The van der Waals surface area contributed by atoms with Gasteiger partial charge in [0, 0.05) is 37.1 Å². The molecule has 0 radical (unpaired) electrons. The molecule has 1 amide bonds. The predicted octanol–water partition coefficient (Wildman–Crippen LogP) is 5.27. The van der Waals surface area contributed by atoms with Crippen molar-refractivity contribution in [3.05, 3.63) is 42.4 Å². The Labute approximate surface area is 229 Å². The van der Waals surface area contributed by atoms with Crippen molar-refractivity contribution in [1.82, 2.24) is 29.3 Å². The molecule has 1 aliphatic carbocycles. The lowest BCUT2D eigenvalue weighted by Gasteiger charge is -2.34. The minimum atomic E-state index is -4.29. The van der Waals surface area contributed by atoms with Gasteiger partial charge in [0.1, 0.15) is 17.8 Å². The zero-order valence-electron chi connectivity index (χ0n) is 22.3. The normalized spacial score (nSPS) is 19.8. The molecule has 0 spiro atoms. The Morgan fingerprint density at radius 3 is 2.64 bits per heavy atom. The number of carbonyl (C=O) groups excluding carboxylic acids is 1. The van der Waals surface area contributed by atoms with E-state index in [2.05, 4.69) is 40.6 Å². The molecule has 2 aliphatic rings. The fraction of sp³-hybridized carbons (Fsp3) is 0.538. The monoisotopic (exact) mass is 563 g/mol. The zero-order valence-corrected chi connectivity index (χ0v) is 23.1. The number of rotatable bonds is 9. The molecule has 1 aliphatic heterocycles. The van der Waals surface area contributed by atoms with Gasteiger partial charge in [-0.1, -0.05) is 6.92 Å². The molecular formula is C26H32F3N7O2S. The van der Waals surface area contributed by atoms with Gasteiger partial charge in [0.25, 0.3) is 5.91 Å². The van der Waals surface area contributed by atoms with E-state index in [-0.39, 0.29) is 30.2 Å². The van der Waals surface area contributed by atoms with E-state index in [4.69, 9.17) is 9.72 Å². The lowest BCUT2D eigenvalue weighted by atomic mass is 9.97. The SMILES string of the molecule is CCn1cc(SNC(=O)c2ccc(-n3ccc(OCC4(C(F)(F)F)CC4)n3)nc2N2CC(C)CC2(C)C)cn1. The molecule has 3 aromatic heterocycles. The lowest BCUT2D eigenvalue weighted by molar-refractivity contribution is -0.194. The van der Waals surface area contributed by atoms with Crippen molar-refractivity contribution in [2.24, 2.45) is 11.3 Å². The van der Waals surface area contributed by atoms with E-state index in [1.54, 1.807) is 29.2 Å². The molecule has 13 heteroatoms. The van der Waals surface area contributed by atoms with Gasteiger partial charge in [-0.25, -0.2) is 9.67 Å². The van der Waals surface area contributed by atoms with Gasteiger partial charge in [-0.05, 0) is 70.0 Å². The van der Waals surface area contributed by atoms with Gasteiger partial charge in [-0.2, -0.15) is 18.3 Å². The number of ether oxygens (including phenoxy) is 1. The molecular weight excluding hydrogens is 531 g/mol. The van der Waals surface area contributed by atoms with Crippen LogP contribution in [-0.4, -0.2) is 55.3 Å². The number of aryl methyl sites for hydroxylation is 1. The number of aromatic nitrogens is 5. The summed E-state index contributed by atoms with van der Waals surface area (Å²) in [4.78, 5) is 21.1. The summed E-state index contributed by atoms with van der Waals surface area (Å²) in [6.07, 6.45) is 1.91. The Bertz CT molecular complexity index is 1350. The van der Waals surface area contributed by atoms with Crippen LogP contribution in [0.4, 0.5) is 19.0 Å². The van der Waals surface area contributed by atoms with E-state index in [9.17, 15) is 18.0 Å². The number of alkyl halides is 3. The van der Waals surface area contributed by atoms with Crippen LogP contribution in [0.5, 0.6) is 5.88 Å². The first-order chi connectivity index (χ1) is 18.4. The molecule has 1 unspecified atom stereocenters. The largest absolute Gasteiger partial charge is 0.476 e. The number of nitrogens with zero attached hydrogens (tertiary/aromatic N) is 6. The number of hydrogen-bond donors (Lipinski definition) is 1. The minimum Gasteiger partial charge on any atom is -0.476 e. The maximum atomic E-state index is 13.3. The third-order valence-corrected chi connectivity index (χ3v) is 8.11. The average molecular weight is 564 g/mol. The number of halogens is 3. The van der Waals surface area contributed by atoms with Gasteiger partial charge in [0.2, 0.25) is 5.88 Å². The van der Waals surface area contributed by atoms with Crippen molar-refractivity contribution >= 4 is 23.7 Å². The Morgan fingerprint density at radius 1 is 1.26 bits per heavy atom. The van der Waals surface area contributed by atoms with Gasteiger partial charge in [-0.15, -0.1) is 5.10 Å². The van der Waals surface area contributed by atoms with Gasteiger partial charge in [0.05, 0.1) is 16.7 Å². The van der Waals surface area contributed by atoms with Crippen molar-refractivity contribution in [3.8, 4) is 11.7 Å². The third-order valence-electron chi connectivity index (χ3n) is 7.38. The highest BCUT2D eigenvalue weighted by molar-refractivity contribution is 7.98. The molecule has 39 heavy (non-hydrogen) atoms. The fourth-order valence-corrected chi connectivity index (χ4v) is 5.62. The van der Waals surface area contributed by atoms with Gasteiger partial charge in [-0.3, -0.25) is 14.2 Å². The molecule has 5 rings (SSSR count). The summed E-state index contributed by atoms with van der Waals surface area (Å²) in [5, 5.41) is 8.54. The van der Waals surface area contributed by atoms with Crippen LogP contribution >= 0.6 is 11.9 Å². The molecule has 2 fully saturated rings. The van der Waals surface area contributed by atoms with Crippen molar-refractivity contribution in [1.29, 1.82) is 0 Å². The highest BCUT2D eigenvalue weighted by Crippen LogP contribution is 2.57. The summed E-state index contributed by atoms with van der Waals surface area (Å²) in [5.41, 5.74) is -1.59. The van der Waals surface area contributed by atoms with Crippen LogP contribution in [0.1, 0.15) is 57.3 Å². The Morgan fingerprint density at radius 2 is 2.03 bits per heavy atom. The third kappa shape index (κ3) is 5.59. The van der Waals surface area contributed by atoms with Gasteiger partial charge >= 0.3 is 6.18 Å². The molecule has 0 bridgehead atoms. The van der Waals surface area contributed by atoms with E-state index in [0.29, 0.717) is 23.1 Å². The average Bonchev–Trinajstić information content (AvgIpc) is 3.21. The molecule has 1 N–H and O–H groups in total. The van der Waals surface area contributed by atoms with Crippen molar-refractivity contribution in [2.75, 3.05) is 18.1 Å². The summed E-state index contributed by atoms with van der Waals surface area (Å²) < 4.78 is 51.3. The predicted molar refractivity (Wildman–Crippen MR) is 141 cm³/mol. The van der Waals surface area contributed by atoms with Gasteiger partial charge in [0.15, 0.2) is 5.82 Å². The Balaban J connectivity index is 1.38. The van der Waals surface area contributed by atoms with Crippen LogP contribution < -0.4 is 14.4 Å². The molecule has 9 nitrogen and oxygen atoms in total. The van der Waals surface area contributed by atoms with E-state index in [1.165, 1.54) is 22.7 Å². The Hall–Kier alpha value is -3.22. The first kappa shape index (κ1) is 27.4. The molecule has 1 saturated carbocycles. The van der Waals surface area contributed by atoms with E-state index in [0.717, 1.165) is 24.4 Å². The van der Waals surface area contributed by atoms with Crippen LogP contribution in [0, 0.1) is 11.3 Å². The first-order valence-electron chi connectivity index (χ1n) is 12.9. The summed E-state index contributed by atoms with van der Waals surface area (Å²) in [5.74, 6) is 1.16. The number of pyridine rings is 1. The second kappa shape index (κ2) is 10.1. The number of anilines is 1. The Kier molecular flexibility index (Phi) is 7.06. The standard InChI is InChI=1S/C26H32F3N7O2S/c1-5-34-15-18(13-30-34)39-33-23(37)19-6-7-20(31-22(19)35-14-17(2)12-24(35,3)4)36-11-8-21(32-36)38-16-25(9-10-25)26(27,28)29/h6-8,11,13,15,17H,5,9-10,12,14,16H2,1-4H3,(H,33,37). The van der Waals surface area contributed by atoms with E-state index < -0.39 is 18.2 Å².